The van der Waals surface area contributed by atoms with Crippen LogP contribution in [0.4, 0.5) is 0 Å². The summed E-state index contributed by atoms with van der Waals surface area (Å²) >= 11 is 6.51. The van der Waals surface area contributed by atoms with Gasteiger partial charge in [0.25, 0.3) is 5.91 Å². The van der Waals surface area contributed by atoms with Crippen LogP contribution in [0.3, 0.4) is 0 Å². The molecule has 0 N–H and O–H groups in total. The summed E-state index contributed by atoms with van der Waals surface area (Å²) in [4.78, 5) is 52.6. The third kappa shape index (κ3) is 6.45. The van der Waals surface area contributed by atoms with E-state index < -0.39 is 17.3 Å². The summed E-state index contributed by atoms with van der Waals surface area (Å²) in [7, 11) is 0. The zero-order valence-electron chi connectivity index (χ0n) is 22.6. The first kappa shape index (κ1) is 28.2. The molecular formula is C30H33ClN4O4. The summed E-state index contributed by atoms with van der Waals surface area (Å²) in [5.74, 6) is -0.750. The van der Waals surface area contributed by atoms with Gasteiger partial charge in [-0.05, 0) is 25.3 Å². The largest absolute Gasteiger partial charge is 0.462 e. The maximum Gasteiger partial charge on any atom is 0.342 e. The topological polar surface area (TPSA) is 92.7 Å². The SMILES string of the molecule is Cc1nc(-c2ccccc2)nc(C(=O)N2CCN(C(=O)C(Cl)c3ccccc3)C(C)C2)c1C(=O)OCC(C)C. The molecule has 1 saturated heterocycles. The Morgan fingerprint density at radius 2 is 1.64 bits per heavy atom. The Labute approximate surface area is 234 Å². The van der Waals surface area contributed by atoms with E-state index in [0.29, 0.717) is 18.1 Å². The van der Waals surface area contributed by atoms with E-state index in [9.17, 15) is 14.4 Å². The fraction of sp³-hybridized carbons (Fsp3) is 0.367. The predicted octanol–water partition coefficient (Wildman–Crippen LogP) is 4.92. The van der Waals surface area contributed by atoms with E-state index in [2.05, 4.69) is 9.97 Å². The van der Waals surface area contributed by atoms with Crippen LogP contribution in [0.1, 0.15) is 58.3 Å². The average Bonchev–Trinajstić information content (AvgIpc) is 2.95. The molecule has 2 amide bonds. The van der Waals surface area contributed by atoms with Gasteiger partial charge in [0.2, 0.25) is 5.91 Å². The molecule has 1 aliphatic heterocycles. The fourth-order valence-electron chi connectivity index (χ4n) is 4.53. The molecule has 0 bridgehead atoms. The van der Waals surface area contributed by atoms with Gasteiger partial charge in [0.05, 0.1) is 12.3 Å². The molecule has 2 heterocycles. The first-order chi connectivity index (χ1) is 18.7. The van der Waals surface area contributed by atoms with Gasteiger partial charge in [0.15, 0.2) is 5.82 Å². The van der Waals surface area contributed by atoms with Crippen molar-refractivity contribution in [3.8, 4) is 11.4 Å². The molecule has 1 aromatic heterocycles. The van der Waals surface area contributed by atoms with Crippen LogP contribution in [0.25, 0.3) is 11.4 Å². The van der Waals surface area contributed by atoms with E-state index in [4.69, 9.17) is 16.3 Å². The van der Waals surface area contributed by atoms with Crippen molar-refractivity contribution < 1.29 is 19.1 Å². The molecule has 9 heteroatoms. The van der Waals surface area contributed by atoms with Gasteiger partial charge in [-0.25, -0.2) is 14.8 Å². The number of hydrogen-bond acceptors (Lipinski definition) is 6. The standard InChI is InChI=1S/C30H33ClN4O4/c1-19(2)18-39-30(38)24-21(4)32-27(23-13-9-6-10-14-23)33-26(24)29(37)34-15-16-35(20(3)17-34)28(36)25(31)22-11-7-5-8-12-22/h5-14,19-20,25H,15-18H2,1-4H3. The molecular weight excluding hydrogens is 516 g/mol. The van der Waals surface area contributed by atoms with E-state index in [1.165, 1.54) is 0 Å². The number of piperazine rings is 1. The third-order valence-electron chi connectivity index (χ3n) is 6.58. The van der Waals surface area contributed by atoms with Gasteiger partial charge in [-0.3, -0.25) is 9.59 Å². The molecule has 3 aromatic rings. The van der Waals surface area contributed by atoms with E-state index in [0.717, 1.165) is 11.1 Å². The first-order valence-electron chi connectivity index (χ1n) is 13.1. The Morgan fingerprint density at radius 1 is 1.00 bits per heavy atom. The van der Waals surface area contributed by atoms with Crippen LogP contribution in [0.5, 0.6) is 0 Å². The van der Waals surface area contributed by atoms with Crippen molar-refractivity contribution >= 4 is 29.4 Å². The number of nitrogens with zero attached hydrogens (tertiary/aromatic N) is 4. The number of benzene rings is 2. The molecule has 2 atom stereocenters. The van der Waals surface area contributed by atoms with E-state index in [1.54, 1.807) is 16.7 Å². The highest BCUT2D eigenvalue weighted by atomic mass is 35.5. The molecule has 0 saturated carbocycles. The number of alkyl halides is 1. The predicted molar refractivity (Wildman–Crippen MR) is 149 cm³/mol. The lowest BCUT2D eigenvalue weighted by molar-refractivity contribution is -0.135. The Morgan fingerprint density at radius 3 is 2.26 bits per heavy atom. The molecule has 0 radical (unpaired) electrons. The number of carbonyl (C=O) groups is 3. The molecule has 0 spiro atoms. The van der Waals surface area contributed by atoms with Gasteiger partial charge in [-0.15, -0.1) is 11.6 Å². The summed E-state index contributed by atoms with van der Waals surface area (Å²) < 4.78 is 5.47. The summed E-state index contributed by atoms with van der Waals surface area (Å²) in [5, 5.41) is -0.809. The number of esters is 1. The minimum atomic E-state index is -0.809. The lowest BCUT2D eigenvalue weighted by Crippen LogP contribution is -2.56. The zero-order valence-corrected chi connectivity index (χ0v) is 23.4. The molecule has 204 valence electrons. The molecule has 1 fully saturated rings. The van der Waals surface area contributed by atoms with Crippen molar-refractivity contribution in [2.24, 2.45) is 5.92 Å². The Kier molecular flexibility index (Phi) is 8.97. The van der Waals surface area contributed by atoms with Crippen molar-refractivity contribution in [1.82, 2.24) is 19.8 Å². The normalized spacial score (nSPS) is 16.2. The van der Waals surface area contributed by atoms with Crippen molar-refractivity contribution in [3.63, 3.8) is 0 Å². The minimum absolute atomic E-state index is 0.00147. The summed E-state index contributed by atoms with van der Waals surface area (Å²) in [6.45, 7) is 8.50. The molecule has 8 nitrogen and oxygen atoms in total. The number of hydrogen-bond donors (Lipinski definition) is 0. The maximum atomic E-state index is 13.9. The number of aryl methyl sites for hydroxylation is 1. The smallest absolute Gasteiger partial charge is 0.342 e. The van der Waals surface area contributed by atoms with Gasteiger partial charge in [0, 0.05) is 31.2 Å². The number of amides is 2. The quantitative estimate of drug-likeness (QED) is 0.307. The van der Waals surface area contributed by atoms with Crippen LogP contribution in [0.2, 0.25) is 0 Å². The van der Waals surface area contributed by atoms with Crippen LogP contribution in [0, 0.1) is 12.8 Å². The average molecular weight is 549 g/mol. The number of carbonyl (C=O) groups excluding carboxylic acids is 3. The van der Waals surface area contributed by atoms with Crippen LogP contribution in [0.15, 0.2) is 60.7 Å². The third-order valence-corrected chi connectivity index (χ3v) is 7.02. The van der Waals surface area contributed by atoms with Crippen molar-refractivity contribution in [2.75, 3.05) is 26.2 Å². The van der Waals surface area contributed by atoms with Gasteiger partial charge < -0.3 is 14.5 Å². The minimum Gasteiger partial charge on any atom is -0.462 e. The molecule has 39 heavy (non-hydrogen) atoms. The molecule has 0 aliphatic carbocycles. The van der Waals surface area contributed by atoms with E-state index in [1.807, 2.05) is 81.4 Å². The van der Waals surface area contributed by atoms with Crippen LogP contribution >= 0.6 is 11.6 Å². The highest BCUT2D eigenvalue weighted by Gasteiger charge is 2.36. The second-order valence-electron chi connectivity index (χ2n) is 10.1. The highest BCUT2D eigenvalue weighted by molar-refractivity contribution is 6.30. The molecule has 1 aliphatic rings. The van der Waals surface area contributed by atoms with Crippen LogP contribution < -0.4 is 0 Å². The molecule has 2 unspecified atom stereocenters. The highest BCUT2D eigenvalue weighted by Crippen LogP contribution is 2.27. The van der Waals surface area contributed by atoms with Crippen LogP contribution in [-0.4, -0.2) is 69.8 Å². The zero-order chi connectivity index (χ0) is 28.1. The summed E-state index contributed by atoms with van der Waals surface area (Å²) in [6, 6.07) is 18.2. The van der Waals surface area contributed by atoms with E-state index in [-0.39, 0.29) is 48.8 Å². The summed E-state index contributed by atoms with van der Waals surface area (Å²) in [5.41, 5.74) is 1.90. The Bertz CT molecular complexity index is 1330. The maximum absolute atomic E-state index is 13.9. The van der Waals surface area contributed by atoms with Crippen molar-refractivity contribution in [1.29, 1.82) is 0 Å². The van der Waals surface area contributed by atoms with E-state index >= 15 is 0 Å². The molecule has 2 aromatic carbocycles. The lowest BCUT2D eigenvalue weighted by atomic mass is 10.1. The summed E-state index contributed by atoms with van der Waals surface area (Å²) in [6.07, 6.45) is 0. The fourth-order valence-corrected chi connectivity index (χ4v) is 4.80. The van der Waals surface area contributed by atoms with Gasteiger partial charge in [-0.1, -0.05) is 74.5 Å². The lowest BCUT2D eigenvalue weighted by Gasteiger charge is -2.40. The second kappa shape index (κ2) is 12.4. The van der Waals surface area contributed by atoms with Gasteiger partial charge in [-0.2, -0.15) is 0 Å². The number of halogens is 1. The van der Waals surface area contributed by atoms with Gasteiger partial charge >= 0.3 is 5.97 Å². The number of rotatable bonds is 7. The van der Waals surface area contributed by atoms with Gasteiger partial charge in [0.1, 0.15) is 16.6 Å². The number of ether oxygens (including phenoxy) is 1. The second-order valence-corrected chi connectivity index (χ2v) is 10.6. The molecule has 4 rings (SSSR count). The Balaban J connectivity index is 1.60. The first-order valence-corrected chi connectivity index (χ1v) is 13.5. The Hall–Kier alpha value is -3.78. The van der Waals surface area contributed by atoms with Crippen LogP contribution in [-0.2, 0) is 9.53 Å². The number of aromatic nitrogens is 2. The monoisotopic (exact) mass is 548 g/mol. The van der Waals surface area contributed by atoms with Crippen molar-refractivity contribution in [3.05, 3.63) is 83.2 Å². The van der Waals surface area contributed by atoms with Crippen molar-refractivity contribution in [2.45, 2.75) is 39.1 Å².